The lowest BCUT2D eigenvalue weighted by Crippen LogP contribution is -2.36. The third-order valence-corrected chi connectivity index (χ3v) is 4.37. The fraction of sp³-hybridized carbons (Fsp3) is 0.200. The van der Waals surface area contributed by atoms with Gasteiger partial charge in [0.25, 0.3) is 5.91 Å². The second kappa shape index (κ2) is 7.22. The molecule has 1 aliphatic heterocycles. The molecule has 0 bridgehead atoms. The fourth-order valence-corrected chi connectivity index (χ4v) is 2.97. The van der Waals surface area contributed by atoms with E-state index >= 15 is 0 Å². The quantitative estimate of drug-likeness (QED) is 0.751. The third-order valence-electron chi connectivity index (χ3n) is 4.37. The molecule has 7 nitrogen and oxygen atoms in total. The van der Waals surface area contributed by atoms with Crippen LogP contribution in [0.15, 0.2) is 52.0 Å². The number of aromatic nitrogens is 1. The van der Waals surface area contributed by atoms with Gasteiger partial charge in [0.05, 0.1) is 6.54 Å². The van der Waals surface area contributed by atoms with Crippen LogP contribution in [0.25, 0.3) is 11.1 Å². The number of anilines is 1. The van der Waals surface area contributed by atoms with Gasteiger partial charge in [0.2, 0.25) is 5.91 Å². The van der Waals surface area contributed by atoms with Gasteiger partial charge in [-0.15, -0.1) is 0 Å². The van der Waals surface area contributed by atoms with Crippen LogP contribution in [0, 0.1) is 12.7 Å². The Kier molecular flexibility index (Phi) is 4.60. The smallest absolute Gasteiger partial charge is 0.271 e. The van der Waals surface area contributed by atoms with Crippen LogP contribution in [0.4, 0.5) is 10.1 Å². The topological polar surface area (TPSA) is 87.8 Å². The van der Waals surface area contributed by atoms with Gasteiger partial charge in [0, 0.05) is 31.5 Å². The summed E-state index contributed by atoms with van der Waals surface area (Å²) < 4.78 is 18.5. The van der Waals surface area contributed by atoms with E-state index in [1.807, 2.05) is 0 Å². The summed E-state index contributed by atoms with van der Waals surface area (Å²) in [6.07, 6.45) is 0.446. The van der Waals surface area contributed by atoms with Gasteiger partial charge in [0.1, 0.15) is 17.0 Å². The highest BCUT2D eigenvalue weighted by atomic mass is 19.1. The third kappa shape index (κ3) is 3.75. The molecule has 1 aromatic heterocycles. The highest BCUT2D eigenvalue weighted by Gasteiger charge is 2.24. The molecule has 0 radical (unpaired) electrons. The standard InChI is InChI=1S/C20H17FN4O3/c1-12-22-16-7-6-15(10-18(16)28-12)23-20(27)17-8-9-19(26)25(24-17)11-13-2-4-14(21)5-3-13/h2-7,10H,8-9,11H2,1H3,(H,23,27). The van der Waals surface area contributed by atoms with Crippen molar-refractivity contribution in [2.45, 2.75) is 26.3 Å². The molecule has 2 heterocycles. The van der Waals surface area contributed by atoms with Crippen molar-refractivity contribution < 1.29 is 18.4 Å². The molecular weight excluding hydrogens is 363 g/mol. The van der Waals surface area contributed by atoms with Crippen LogP contribution in [0.3, 0.4) is 0 Å². The van der Waals surface area contributed by atoms with Crippen molar-refractivity contribution in [2.24, 2.45) is 5.10 Å². The van der Waals surface area contributed by atoms with Crippen molar-refractivity contribution in [3.05, 3.63) is 59.7 Å². The SMILES string of the molecule is Cc1nc2ccc(NC(=O)C3=NN(Cc4ccc(F)cc4)C(=O)CC3)cc2o1. The summed E-state index contributed by atoms with van der Waals surface area (Å²) in [4.78, 5) is 28.9. The average Bonchev–Trinajstić information content (AvgIpc) is 3.04. The van der Waals surface area contributed by atoms with Gasteiger partial charge in [-0.3, -0.25) is 9.59 Å². The van der Waals surface area contributed by atoms with Crippen LogP contribution in [0.1, 0.15) is 24.3 Å². The van der Waals surface area contributed by atoms with Crippen LogP contribution in [-0.2, 0) is 16.1 Å². The molecule has 3 aromatic rings. The fourth-order valence-electron chi connectivity index (χ4n) is 2.97. The maximum atomic E-state index is 13.0. The first kappa shape index (κ1) is 17.8. The summed E-state index contributed by atoms with van der Waals surface area (Å²) in [5.74, 6) is -0.368. The Bertz CT molecular complexity index is 1090. The van der Waals surface area contributed by atoms with Crippen molar-refractivity contribution in [2.75, 3.05) is 5.32 Å². The van der Waals surface area contributed by atoms with Gasteiger partial charge in [-0.05, 0) is 29.8 Å². The number of amides is 2. The number of rotatable bonds is 4. The second-order valence-electron chi connectivity index (χ2n) is 6.49. The first-order valence-electron chi connectivity index (χ1n) is 8.79. The maximum absolute atomic E-state index is 13.0. The summed E-state index contributed by atoms with van der Waals surface area (Å²) in [6, 6.07) is 11.0. The monoisotopic (exact) mass is 380 g/mol. The van der Waals surface area contributed by atoms with E-state index in [4.69, 9.17) is 4.42 Å². The van der Waals surface area contributed by atoms with E-state index in [1.54, 1.807) is 37.3 Å². The molecule has 4 rings (SSSR count). The summed E-state index contributed by atoms with van der Waals surface area (Å²) >= 11 is 0. The van der Waals surface area contributed by atoms with Crippen molar-refractivity contribution >= 4 is 34.3 Å². The minimum Gasteiger partial charge on any atom is -0.441 e. The average molecular weight is 380 g/mol. The van der Waals surface area contributed by atoms with Crippen LogP contribution in [0.5, 0.6) is 0 Å². The van der Waals surface area contributed by atoms with E-state index in [0.717, 1.165) is 5.56 Å². The highest BCUT2D eigenvalue weighted by molar-refractivity contribution is 6.43. The van der Waals surface area contributed by atoms with Crippen molar-refractivity contribution in [3.8, 4) is 0 Å². The number of nitrogens with zero attached hydrogens (tertiary/aromatic N) is 3. The zero-order valence-electron chi connectivity index (χ0n) is 15.1. The molecule has 0 saturated carbocycles. The predicted octanol–water partition coefficient (Wildman–Crippen LogP) is 3.39. The lowest BCUT2D eigenvalue weighted by Gasteiger charge is -2.23. The Balaban J connectivity index is 1.50. The number of aryl methyl sites for hydroxylation is 1. The Morgan fingerprint density at radius 3 is 2.79 bits per heavy atom. The number of carbonyl (C=O) groups is 2. The number of oxazole rings is 1. The molecule has 0 spiro atoms. The van der Waals surface area contributed by atoms with Crippen molar-refractivity contribution in [1.82, 2.24) is 9.99 Å². The number of hydrogen-bond acceptors (Lipinski definition) is 5. The minimum atomic E-state index is -0.382. The summed E-state index contributed by atoms with van der Waals surface area (Å²) in [7, 11) is 0. The first-order chi connectivity index (χ1) is 13.5. The molecule has 1 N–H and O–H groups in total. The summed E-state index contributed by atoms with van der Waals surface area (Å²) in [6.45, 7) is 1.93. The number of fused-ring (bicyclic) bond motifs is 1. The number of nitrogens with one attached hydrogen (secondary N) is 1. The summed E-state index contributed by atoms with van der Waals surface area (Å²) in [5.41, 5.74) is 2.83. The van der Waals surface area contributed by atoms with Crippen LogP contribution in [-0.4, -0.2) is 27.5 Å². The lowest BCUT2D eigenvalue weighted by molar-refractivity contribution is -0.132. The molecule has 0 saturated heterocycles. The highest BCUT2D eigenvalue weighted by Crippen LogP contribution is 2.21. The first-order valence-corrected chi connectivity index (χ1v) is 8.79. The zero-order chi connectivity index (χ0) is 19.7. The molecule has 2 aromatic carbocycles. The van der Waals surface area contributed by atoms with E-state index < -0.39 is 0 Å². The van der Waals surface area contributed by atoms with E-state index in [-0.39, 0.29) is 42.7 Å². The largest absolute Gasteiger partial charge is 0.441 e. The number of carbonyl (C=O) groups excluding carboxylic acids is 2. The molecule has 8 heteroatoms. The van der Waals surface area contributed by atoms with Gasteiger partial charge < -0.3 is 9.73 Å². The van der Waals surface area contributed by atoms with Crippen LogP contribution in [0.2, 0.25) is 0 Å². The van der Waals surface area contributed by atoms with E-state index in [9.17, 15) is 14.0 Å². The Labute approximate surface area is 159 Å². The zero-order valence-corrected chi connectivity index (χ0v) is 15.1. The van der Waals surface area contributed by atoms with E-state index in [2.05, 4.69) is 15.4 Å². The summed E-state index contributed by atoms with van der Waals surface area (Å²) in [5, 5.41) is 8.22. The van der Waals surface area contributed by atoms with Crippen LogP contribution < -0.4 is 5.32 Å². The number of benzene rings is 2. The maximum Gasteiger partial charge on any atom is 0.271 e. The molecule has 142 valence electrons. The van der Waals surface area contributed by atoms with Crippen molar-refractivity contribution in [3.63, 3.8) is 0 Å². The second-order valence-corrected chi connectivity index (χ2v) is 6.49. The van der Waals surface area contributed by atoms with Gasteiger partial charge in [0.15, 0.2) is 11.5 Å². The Hall–Kier alpha value is -3.55. The van der Waals surface area contributed by atoms with Gasteiger partial charge in [-0.25, -0.2) is 14.4 Å². The van der Waals surface area contributed by atoms with Gasteiger partial charge in [-0.2, -0.15) is 5.10 Å². The number of hydrazone groups is 1. The van der Waals surface area contributed by atoms with Crippen molar-refractivity contribution in [1.29, 1.82) is 0 Å². The molecule has 0 unspecified atom stereocenters. The van der Waals surface area contributed by atoms with E-state index in [0.29, 0.717) is 22.7 Å². The molecule has 28 heavy (non-hydrogen) atoms. The number of halogens is 1. The molecule has 0 aliphatic carbocycles. The normalized spacial score (nSPS) is 14.3. The molecular formula is C20H17FN4O3. The van der Waals surface area contributed by atoms with Crippen LogP contribution >= 0.6 is 0 Å². The minimum absolute atomic E-state index is 0.180. The molecule has 2 amide bonds. The Morgan fingerprint density at radius 1 is 1.21 bits per heavy atom. The Morgan fingerprint density at radius 2 is 2.00 bits per heavy atom. The predicted molar refractivity (Wildman–Crippen MR) is 101 cm³/mol. The van der Waals surface area contributed by atoms with E-state index in [1.165, 1.54) is 17.1 Å². The molecule has 0 atom stereocenters. The lowest BCUT2D eigenvalue weighted by atomic mass is 10.1. The number of hydrogen-bond donors (Lipinski definition) is 1. The molecule has 1 aliphatic rings. The molecule has 0 fully saturated rings. The van der Waals surface area contributed by atoms with Gasteiger partial charge >= 0.3 is 0 Å². The van der Waals surface area contributed by atoms with Gasteiger partial charge in [-0.1, -0.05) is 12.1 Å².